The van der Waals surface area contributed by atoms with Gasteiger partial charge in [0.2, 0.25) is 10.0 Å². The van der Waals surface area contributed by atoms with Crippen molar-refractivity contribution < 1.29 is 22.7 Å². The lowest BCUT2D eigenvalue weighted by atomic mass is 10.1. The number of methoxy groups -OCH3 is 1. The Labute approximate surface area is 170 Å². The summed E-state index contributed by atoms with van der Waals surface area (Å²) >= 11 is 0. The molecule has 0 aromatic heterocycles. The van der Waals surface area contributed by atoms with E-state index in [1.165, 1.54) is 24.1 Å². The fourth-order valence-electron chi connectivity index (χ4n) is 2.90. The molecule has 154 valence electrons. The van der Waals surface area contributed by atoms with E-state index in [1.54, 1.807) is 44.3 Å². The van der Waals surface area contributed by atoms with Gasteiger partial charge in [-0.25, -0.2) is 17.9 Å². The number of ether oxygens (including phenoxy) is 1. The second kappa shape index (κ2) is 8.34. The molecule has 0 atom stereocenters. The standard InChI is InChI=1S/C21H24N2O5S/c1-14-4-11-18(29(26,27)22-17-9-10-17)12-19(14)20(24)23(2)13-15-5-7-16(8-6-15)21(25)28-3/h4-8,11-12,17,22H,9-10,13H2,1-3H3. The lowest BCUT2D eigenvalue weighted by Gasteiger charge is -2.19. The molecule has 29 heavy (non-hydrogen) atoms. The van der Waals surface area contributed by atoms with Crippen LogP contribution in [0, 0.1) is 6.92 Å². The first-order valence-electron chi connectivity index (χ1n) is 9.27. The lowest BCUT2D eigenvalue weighted by Crippen LogP contribution is -2.28. The fraction of sp³-hybridized carbons (Fsp3) is 0.333. The third-order valence-corrected chi connectivity index (χ3v) is 6.31. The van der Waals surface area contributed by atoms with Crippen LogP contribution in [0.4, 0.5) is 0 Å². The number of rotatable bonds is 7. The number of sulfonamides is 1. The topological polar surface area (TPSA) is 92.8 Å². The number of benzene rings is 2. The molecule has 1 aliphatic carbocycles. The zero-order valence-electron chi connectivity index (χ0n) is 16.6. The largest absolute Gasteiger partial charge is 0.465 e. The normalized spacial score (nSPS) is 13.8. The molecule has 0 aliphatic heterocycles. The Bertz CT molecular complexity index is 1030. The van der Waals surface area contributed by atoms with Gasteiger partial charge < -0.3 is 9.64 Å². The molecular weight excluding hydrogens is 392 g/mol. The van der Waals surface area contributed by atoms with Gasteiger partial charge in [-0.1, -0.05) is 18.2 Å². The van der Waals surface area contributed by atoms with Gasteiger partial charge in [-0.05, 0) is 55.2 Å². The summed E-state index contributed by atoms with van der Waals surface area (Å²) in [6, 6.07) is 11.4. The number of hydrogen-bond donors (Lipinski definition) is 1. The van der Waals surface area contributed by atoms with E-state index < -0.39 is 16.0 Å². The molecule has 1 saturated carbocycles. The number of carbonyl (C=O) groups excluding carboxylic acids is 2. The highest BCUT2D eigenvalue weighted by Crippen LogP contribution is 2.24. The third kappa shape index (κ3) is 5.02. The first-order chi connectivity index (χ1) is 13.7. The highest BCUT2D eigenvalue weighted by molar-refractivity contribution is 7.89. The molecule has 1 aliphatic rings. The lowest BCUT2D eigenvalue weighted by molar-refractivity contribution is 0.0600. The first kappa shape index (κ1) is 21.0. The molecule has 2 aromatic carbocycles. The van der Waals surface area contributed by atoms with Crippen LogP contribution in [0.2, 0.25) is 0 Å². The summed E-state index contributed by atoms with van der Waals surface area (Å²) in [5, 5.41) is 0. The number of nitrogens with zero attached hydrogens (tertiary/aromatic N) is 1. The maximum atomic E-state index is 12.9. The van der Waals surface area contributed by atoms with Crippen LogP contribution in [0.5, 0.6) is 0 Å². The van der Waals surface area contributed by atoms with E-state index in [2.05, 4.69) is 9.46 Å². The van der Waals surface area contributed by atoms with E-state index in [0.29, 0.717) is 23.2 Å². The van der Waals surface area contributed by atoms with Gasteiger partial charge in [0.25, 0.3) is 5.91 Å². The molecule has 1 amide bonds. The van der Waals surface area contributed by atoms with Crippen molar-refractivity contribution in [3.05, 3.63) is 64.7 Å². The molecule has 7 nitrogen and oxygen atoms in total. The van der Waals surface area contributed by atoms with Crippen molar-refractivity contribution in [2.75, 3.05) is 14.2 Å². The molecular formula is C21H24N2O5S. The molecule has 1 N–H and O–H groups in total. The quantitative estimate of drug-likeness (QED) is 0.700. The first-order valence-corrected chi connectivity index (χ1v) is 10.8. The van der Waals surface area contributed by atoms with Gasteiger partial charge >= 0.3 is 5.97 Å². The van der Waals surface area contributed by atoms with Gasteiger partial charge in [-0.15, -0.1) is 0 Å². The Kier molecular flexibility index (Phi) is 6.04. The summed E-state index contributed by atoms with van der Waals surface area (Å²) in [4.78, 5) is 26.1. The van der Waals surface area contributed by atoms with Gasteiger partial charge in [-0.2, -0.15) is 0 Å². The summed E-state index contributed by atoms with van der Waals surface area (Å²) in [7, 11) is -0.663. The Hall–Kier alpha value is -2.71. The predicted octanol–water partition coefficient (Wildman–Crippen LogP) is 2.49. The molecule has 0 bridgehead atoms. The average Bonchev–Trinajstić information content (AvgIpc) is 3.50. The van der Waals surface area contributed by atoms with Crippen LogP contribution in [0.3, 0.4) is 0 Å². The number of nitrogens with one attached hydrogen (secondary N) is 1. The summed E-state index contributed by atoms with van der Waals surface area (Å²) in [6.07, 6.45) is 1.68. The van der Waals surface area contributed by atoms with E-state index in [9.17, 15) is 18.0 Å². The van der Waals surface area contributed by atoms with Crippen LogP contribution in [0.15, 0.2) is 47.4 Å². The molecule has 2 aromatic rings. The van der Waals surface area contributed by atoms with Gasteiger partial charge in [0, 0.05) is 25.2 Å². The highest BCUT2D eigenvalue weighted by atomic mass is 32.2. The SMILES string of the molecule is COC(=O)c1ccc(CN(C)C(=O)c2cc(S(=O)(=O)NC3CC3)ccc2C)cc1. The van der Waals surface area contributed by atoms with Crippen molar-refractivity contribution in [1.29, 1.82) is 0 Å². The zero-order valence-corrected chi connectivity index (χ0v) is 17.5. The molecule has 0 spiro atoms. The van der Waals surface area contributed by atoms with Gasteiger partial charge in [-0.3, -0.25) is 4.79 Å². The summed E-state index contributed by atoms with van der Waals surface area (Å²) in [5.74, 6) is -0.697. The van der Waals surface area contributed by atoms with Crippen molar-refractivity contribution in [3.8, 4) is 0 Å². The minimum absolute atomic E-state index is 0.00362. The van der Waals surface area contributed by atoms with Crippen LogP contribution >= 0.6 is 0 Å². The Morgan fingerprint density at radius 3 is 2.38 bits per heavy atom. The number of aryl methyl sites for hydroxylation is 1. The third-order valence-electron chi connectivity index (χ3n) is 4.79. The number of esters is 1. The van der Waals surface area contributed by atoms with Crippen molar-refractivity contribution in [3.63, 3.8) is 0 Å². The van der Waals surface area contributed by atoms with Crippen molar-refractivity contribution in [1.82, 2.24) is 9.62 Å². The summed E-state index contributed by atoms with van der Waals surface area (Å²) in [5.41, 5.74) is 2.32. The molecule has 0 saturated heterocycles. The van der Waals surface area contributed by atoms with Crippen molar-refractivity contribution >= 4 is 21.9 Å². The Morgan fingerprint density at radius 2 is 1.79 bits per heavy atom. The predicted molar refractivity (Wildman–Crippen MR) is 108 cm³/mol. The summed E-state index contributed by atoms with van der Waals surface area (Å²) in [6.45, 7) is 2.09. The molecule has 8 heteroatoms. The molecule has 0 unspecified atom stereocenters. The van der Waals surface area contributed by atoms with E-state index in [1.807, 2.05) is 0 Å². The maximum absolute atomic E-state index is 12.9. The second-order valence-electron chi connectivity index (χ2n) is 7.22. The number of amides is 1. The van der Waals surface area contributed by atoms with Crippen molar-refractivity contribution in [2.45, 2.75) is 37.2 Å². The Balaban J connectivity index is 1.76. The van der Waals surface area contributed by atoms with Gasteiger partial charge in [0.15, 0.2) is 0 Å². The van der Waals surface area contributed by atoms with E-state index in [4.69, 9.17) is 0 Å². The van der Waals surface area contributed by atoms with Crippen LogP contribution in [-0.4, -0.2) is 45.4 Å². The Morgan fingerprint density at radius 1 is 1.14 bits per heavy atom. The maximum Gasteiger partial charge on any atom is 0.337 e. The van der Waals surface area contributed by atoms with Crippen LogP contribution < -0.4 is 4.72 Å². The minimum Gasteiger partial charge on any atom is -0.465 e. The van der Waals surface area contributed by atoms with Gasteiger partial charge in [0.05, 0.1) is 17.6 Å². The van der Waals surface area contributed by atoms with E-state index in [-0.39, 0.29) is 16.8 Å². The number of hydrogen-bond acceptors (Lipinski definition) is 5. The van der Waals surface area contributed by atoms with Gasteiger partial charge in [0.1, 0.15) is 0 Å². The monoisotopic (exact) mass is 416 g/mol. The van der Waals surface area contributed by atoms with Crippen LogP contribution in [0.25, 0.3) is 0 Å². The molecule has 0 radical (unpaired) electrons. The molecule has 0 heterocycles. The van der Waals surface area contributed by atoms with E-state index >= 15 is 0 Å². The number of carbonyl (C=O) groups is 2. The van der Waals surface area contributed by atoms with E-state index in [0.717, 1.165) is 18.4 Å². The molecule has 1 fully saturated rings. The fourth-order valence-corrected chi connectivity index (χ4v) is 4.23. The highest BCUT2D eigenvalue weighted by Gasteiger charge is 2.28. The van der Waals surface area contributed by atoms with Crippen LogP contribution in [0.1, 0.15) is 44.7 Å². The average molecular weight is 416 g/mol. The minimum atomic E-state index is -3.63. The second-order valence-corrected chi connectivity index (χ2v) is 8.94. The summed E-state index contributed by atoms with van der Waals surface area (Å²) < 4.78 is 32.2. The van der Waals surface area contributed by atoms with Crippen molar-refractivity contribution in [2.24, 2.45) is 0 Å². The molecule has 3 rings (SSSR count). The van der Waals surface area contributed by atoms with Crippen LogP contribution in [-0.2, 0) is 21.3 Å². The smallest absolute Gasteiger partial charge is 0.337 e. The zero-order chi connectivity index (χ0) is 21.2.